The molecule has 8 heteroatoms. The number of nitrogens with zero attached hydrogens (tertiary/aromatic N) is 1. The van der Waals surface area contributed by atoms with Crippen LogP contribution in [0.25, 0.3) is 0 Å². The summed E-state index contributed by atoms with van der Waals surface area (Å²) in [5, 5.41) is 12.5. The molecule has 0 fully saturated rings. The van der Waals surface area contributed by atoms with Crippen molar-refractivity contribution < 1.29 is 19.4 Å². The largest absolute Gasteiger partial charge is 0.478 e. The predicted molar refractivity (Wildman–Crippen MR) is 117 cm³/mol. The minimum Gasteiger partial charge on any atom is -0.478 e. The molecule has 0 aliphatic carbocycles. The number of pyridine rings is 1. The van der Waals surface area contributed by atoms with Gasteiger partial charge in [-0.25, -0.2) is 9.78 Å². The Morgan fingerprint density at radius 3 is 2.63 bits per heavy atom. The SMILES string of the molecule is CSc1cccc(Oc2ncc(Cl)cc2C(=O)N[C@@H](C)c2ccccc2C(=O)O)c1. The van der Waals surface area contributed by atoms with E-state index in [1.54, 1.807) is 43.0 Å². The summed E-state index contributed by atoms with van der Waals surface area (Å²) in [7, 11) is 0. The number of benzene rings is 2. The standard InChI is InChI=1S/C22H19ClN2O4S/c1-13(17-8-3-4-9-18(17)22(27)28)25-20(26)19-10-14(23)12-24-21(19)29-15-6-5-7-16(11-15)30-2/h3-13H,1-2H3,(H,25,26)(H,27,28)/t13-/m0/s1. The summed E-state index contributed by atoms with van der Waals surface area (Å²) in [6.45, 7) is 1.71. The van der Waals surface area contributed by atoms with Gasteiger partial charge in [0.25, 0.3) is 5.91 Å². The summed E-state index contributed by atoms with van der Waals surface area (Å²) in [5.74, 6) is -0.897. The summed E-state index contributed by atoms with van der Waals surface area (Å²) >= 11 is 7.62. The molecule has 0 aliphatic rings. The molecular weight excluding hydrogens is 424 g/mol. The zero-order chi connectivity index (χ0) is 21.7. The van der Waals surface area contributed by atoms with Gasteiger partial charge >= 0.3 is 5.97 Å². The van der Waals surface area contributed by atoms with Gasteiger partial charge in [0.1, 0.15) is 11.3 Å². The highest BCUT2D eigenvalue weighted by Crippen LogP contribution is 2.29. The van der Waals surface area contributed by atoms with E-state index in [0.29, 0.717) is 11.3 Å². The number of carbonyl (C=O) groups is 2. The molecule has 0 saturated carbocycles. The summed E-state index contributed by atoms with van der Waals surface area (Å²) in [4.78, 5) is 29.6. The average molecular weight is 443 g/mol. The van der Waals surface area contributed by atoms with Gasteiger partial charge in [0.15, 0.2) is 0 Å². The zero-order valence-corrected chi connectivity index (χ0v) is 17.8. The lowest BCUT2D eigenvalue weighted by Crippen LogP contribution is -2.28. The number of aromatic nitrogens is 1. The van der Waals surface area contributed by atoms with Crippen LogP contribution in [0.4, 0.5) is 0 Å². The number of ether oxygens (including phenoxy) is 1. The summed E-state index contributed by atoms with van der Waals surface area (Å²) in [6.07, 6.45) is 3.35. The average Bonchev–Trinajstić information content (AvgIpc) is 2.75. The fourth-order valence-electron chi connectivity index (χ4n) is 2.87. The maximum atomic E-state index is 13.0. The summed E-state index contributed by atoms with van der Waals surface area (Å²) < 4.78 is 5.84. The van der Waals surface area contributed by atoms with Crippen LogP contribution in [0.15, 0.2) is 65.7 Å². The quantitative estimate of drug-likeness (QED) is 0.474. The lowest BCUT2D eigenvalue weighted by Gasteiger charge is -2.17. The van der Waals surface area contributed by atoms with E-state index in [1.807, 2.05) is 24.5 Å². The molecule has 0 spiro atoms. The summed E-state index contributed by atoms with van der Waals surface area (Å²) in [5.41, 5.74) is 0.764. The first kappa shape index (κ1) is 21.7. The molecule has 2 aromatic carbocycles. The van der Waals surface area contributed by atoms with Crippen LogP contribution in [0, 0.1) is 0 Å². The van der Waals surface area contributed by atoms with Crippen LogP contribution >= 0.6 is 23.4 Å². The van der Waals surface area contributed by atoms with E-state index in [9.17, 15) is 14.7 Å². The lowest BCUT2D eigenvalue weighted by atomic mass is 10.0. The van der Waals surface area contributed by atoms with Gasteiger partial charge in [0.05, 0.1) is 16.6 Å². The molecule has 0 bridgehead atoms. The highest BCUT2D eigenvalue weighted by molar-refractivity contribution is 7.98. The van der Waals surface area contributed by atoms with Crippen LogP contribution < -0.4 is 10.1 Å². The smallest absolute Gasteiger partial charge is 0.336 e. The highest BCUT2D eigenvalue weighted by Gasteiger charge is 2.21. The third-order valence-corrected chi connectivity index (χ3v) is 5.26. The Morgan fingerprint density at radius 2 is 1.90 bits per heavy atom. The van der Waals surface area contributed by atoms with Gasteiger partial charge in [-0.15, -0.1) is 11.8 Å². The molecular formula is C22H19ClN2O4S. The molecule has 30 heavy (non-hydrogen) atoms. The molecule has 0 aliphatic heterocycles. The van der Waals surface area contributed by atoms with Crippen LogP contribution in [0.2, 0.25) is 5.02 Å². The van der Waals surface area contributed by atoms with Gasteiger partial charge in [-0.2, -0.15) is 0 Å². The van der Waals surface area contributed by atoms with Gasteiger partial charge in [0.2, 0.25) is 5.88 Å². The third kappa shape index (κ3) is 5.11. The number of halogens is 1. The van der Waals surface area contributed by atoms with Gasteiger partial charge in [-0.1, -0.05) is 35.9 Å². The number of nitrogens with one attached hydrogen (secondary N) is 1. The van der Waals surface area contributed by atoms with E-state index < -0.39 is 17.9 Å². The maximum Gasteiger partial charge on any atom is 0.336 e. The van der Waals surface area contributed by atoms with E-state index in [4.69, 9.17) is 16.3 Å². The van der Waals surface area contributed by atoms with Crippen molar-refractivity contribution in [3.05, 3.63) is 82.5 Å². The molecule has 0 radical (unpaired) electrons. The number of rotatable bonds is 7. The second-order valence-corrected chi connectivity index (χ2v) is 7.69. The topological polar surface area (TPSA) is 88.5 Å². The second-order valence-electron chi connectivity index (χ2n) is 6.37. The first-order valence-corrected chi connectivity index (χ1v) is 10.6. The molecule has 1 heterocycles. The second kappa shape index (κ2) is 9.65. The third-order valence-electron chi connectivity index (χ3n) is 4.32. The normalized spacial score (nSPS) is 11.6. The van der Waals surface area contributed by atoms with Crippen molar-refractivity contribution in [1.82, 2.24) is 10.3 Å². The van der Waals surface area contributed by atoms with Crippen molar-refractivity contribution in [2.75, 3.05) is 6.26 Å². The van der Waals surface area contributed by atoms with Gasteiger partial charge in [-0.3, -0.25) is 4.79 Å². The molecule has 6 nitrogen and oxygen atoms in total. The fourth-order valence-corrected chi connectivity index (χ4v) is 3.48. The minimum atomic E-state index is -1.06. The van der Waals surface area contributed by atoms with E-state index >= 15 is 0 Å². The molecule has 1 aromatic heterocycles. The number of carboxylic acid groups (broad SMARTS) is 1. The fraction of sp³-hybridized carbons (Fsp3) is 0.136. The van der Waals surface area contributed by atoms with Crippen molar-refractivity contribution in [2.45, 2.75) is 17.9 Å². The van der Waals surface area contributed by atoms with E-state index in [2.05, 4.69) is 10.3 Å². The first-order valence-electron chi connectivity index (χ1n) is 8.99. The molecule has 1 atom stereocenters. The number of carboxylic acids is 1. The van der Waals surface area contributed by atoms with Crippen LogP contribution in [0.5, 0.6) is 11.6 Å². The highest BCUT2D eigenvalue weighted by atomic mass is 35.5. The van der Waals surface area contributed by atoms with Gasteiger partial charge in [-0.05, 0) is 49.1 Å². The van der Waals surface area contributed by atoms with Gasteiger partial charge < -0.3 is 15.2 Å². The molecule has 1 amide bonds. The number of carbonyl (C=O) groups excluding carboxylic acids is 1. The predicted octanol–water partition coefficient (Wildman–Crippen LogP) is 5.44. The van der Waals surface area contributed by atoms with E-state index in [1.165, 1.54) is 18.3 Å². The molecule has 3 rings (SSSR count). The van der Waals surface area contributed by atoms with E-state index in [0.717, 1.165) is 4.90 Å². The van der Waals surface area contributed by atoms with Crippen molar-refractivity contribution in [1.29, 1.82) is 0 Å². The Balaban J connectivity index is 1.87. The van der Waals surface area contributed by atoms with Crippen LogP contribution in [-0.4, -0.2) is 28.2 Å². The van der Waals surface area contributed by atoms with Crippen molar-refractivity contribution >= 4 is 35.2 Å². The van der Waals surface area contributed by atoms with Crippen LogP contribution in [-0.2, 0) is 0 Å². The maximum absolute atomic E-state index is 13.0. The first-order chi connectivity index (χ1) is 14.4. The summed E-state index contributed by atoms with van der Waals surface area (Å²) in [6, 6.07) is 14.8. The van der Waals surface area contributed by atoms with Gasteiger partial charge in [0, 0.05) is 11.1 Å². The molecule has 0 unspecified atom stereocenters. The minimum absolute atomic E-state index is 0.105. The molecule has 0 saturated heterocycles. The van der Waals surface area contributed by atoms with Crippen LogP contribution in [0.3, 0.4) is 0 Å². The van der Waals surface area contributed by atoms with Crippen molar-refractivity contribution in [2.24, 2.45) is 0 Å². The van der Waals surface area contributed by atoms with Crippen molar-refractivity contribution in [3.8, 4) is 11.6 Å². The Labute approximate surface area is 183 Å². The lowest BCUT2D eigenvalue weighted by molar-refractivity contribution is 0.0693. The number of hydrogen-bond acceptors (Lipinski definition) is 5. The zero-order valence-electron chi connectivity index (χ0n) is 16.3. The Bertz CT molecular complexity index is 1090. The monoisotopic (exact) mass is 442 g/mol. The molecule has 3 aromatic rings. The molecule has 154 valence electrons. The Hall–Kier alpha value is -3.03. The number of thioether (sulfide) groups is 1. The number of amides is 1. The Morgan fingerprint density at radius 1 is 1.13 bits per heavy atom. The Kier molecular flexibility index (Phi) is 6.97. The van der Waals surface area contributed by atoms with Crippen LogP contribution in [0.1, 0.15) is 39.2 Å². The number of hydrogen-bond donors (Lipinski definition) is 2. The molecule has 2 N–H and O–H groups in total. The number of aromatic carboxylic acids is 1. The van der Waals surface area contributed by atoms with E-state index in [-0.39, 0.29) is 22.0 Å². The van der Waals surface area contributed by atoms with Crippen molar-refractivity contribution in [3.63, 3.8) is 0 Å².